The molecule has 3 nitrogen and oxygen atoms in total. The second-order valence-corrected chi connectivity index (χ2v) is 4.96. The summed E-state index contributed by atoms with van der Waals surface area (Å²) in [5.74, 6) is -0.185. The average Bonchev–Trinajstić information content (AvgIpc) is 2.63. The molecular formula is C13H14N2OS. The summed E-state index contributed by atoms with van der Waals surface area (Å²) in [5, 5.41) is 1.91. The van der Waals surface area contributed by atoms with Crippen molar-refractivity contribution in [2.45, 2.75) is 13.8 Å². The van der Waals surface area contributed by atoms with Gasteiger partial charge in [0.1, 0.15) is 0 Å². The van der Waals surface area contributed by atoms with E-state index in [1.807, 2.05) is 55.2 Å². The molecule has 0 radical (unpaired) electrons. The lowest BCUT2D eigenvalue weighted by Gasteiger charge is -2.00. The number of amides is 1. The fourth-order valence-electron chi connectivity index (χ4n) is 1.68. The highest BCUT2D eigenvalue weighted by Gasteiger charge is 2.05. The summed E-state index contributed by atoms with van der Waals surface area (Å²) in [4.78, 5) is 16.8. The number of aromatic nitrogens is 1. The van der Waals surface area contributed by atoms with Crippen LogP contribution >= 0.6 is 11.3 Å². The lowest BCUT2D eigenvalue weighted by Crippen LogP contribution is -2.12. The normalized spacial score (nSPS) is 11.8. The molecule has 0 N–H and O–H groups in total. The van der Waals surface area contributed by atoms with Gasteiger partial charge in [-0.05, 0) is 26.0 Å². The average molecular weight is 246 g/mol. The first kappa shape index (κ1) is 11.8. The summed E-state index contributed by atoms with van der Waals surface area (Å²) in [5.41, 5.74) is 2.81. The van der Waals surface area contributed by atoms with Gasteiger partial charge in [-0.3, -0.25) is 4.79 Å². The third-order valence-electron chi connectivity index (χ3n) is 2.43. The highest BCUT2D eigenvalue weighted by atomic mass is 32.1. The Bertz CT molecular complexity index is 602. The number of rotatable bonds is 1. The minimum Gasteiger partial charge on any atom is -0.327 e. The van der Waals surface area contributed by atoms with Crippen LogP contribution in [0.4, 0.5) is 0 Å². The predicted molar refractivity (Wildman–Crippen MR) is 69.1 cm³/mol. The van der Waals surface area contributed by atoms with E-state index in [0.717, 1.165) is 11.1 Å². The molecule has 0 aliphatic rings. The van der Waals surface area contributed by atoms with Crippen molar-refractivity contribution in [2.24, 2.45) is 12.0 Å². The van der Waals surface area contributed by atoms with Gasteiger partial charge in [0.15, 0.2) is 4.80 Å². The van der Waals surface area contributed by atoms with Crippen LogP contribution in [0.5, 0.6) is 0 Å². The van der Waals surface area contributed by atoms with Gasteiger partial charge in [0.05, 0.1) is 0 Å². The SMILES string of the molecule is Cc1cc(C)cc(C(=O)N=c2sccn2C)c1. The smallest absolute Gasteiger partial charge is 0.279 e. The summed E-state index contributed by atoms with van der Waals surface area (Å²) in [6.45, 7) is 3.96. The molecule has 17 heavy (non-hydrogen) atoms. The van der Waals surface area contributed by atoms with Crippen molar-refractivity contribution in [3.8, 4) is 0 Å². The van der Waals surface area contributed by atoms with Gasteiger partial charge >= 0.3 is 0 Å². The molecular weight excluding hydrogens is 232 g/mol. The first-order valence-corrected chi connectivity index (χ1v) is 6.22. The Labute approximate surface area is 104 Å². The van der Waals surface area contributed by atoms with Crippen molar-refractivity contribution in [3.63, 3.8) is 0 Å². The predicted octanol–water partition coefficient (Wildman–Crippen LogP) is 2.44. The fourth-order valence-corrected chi connectivity index (χ4v) is 2.41. The van der Waals surface area contributed by atoms with E-state index < -0.39 is 0 Å². The molecule has 1 aromatic carbocycles. The quantitative estimate of drug-likeness (QED) is 0.761. The second kappa shape index (κ2) is 4.67. The van der Waals surface area contributed by atoms with Gasteiger partial charge in [0.2, 0.25) is 0 Å². The number of thiazole rings is 1. The Balaban J connectivity index is 2.42. The summed E-state index contributed by atoms with van der Waals surface area (Å²) < 4.78 is 1.84. The third-order valence-corrected chi connectivity index (χ3v) is 3.27. The van der Waals surface area contributed by atoms with Gasteiger partial charge in [0.25, 0.3) is 5.91 Å². The molecule has 2 rings (SSSR count). The van der Waals surface area contributed by atoms with Crippen molar-refractivity contribution in [1.29, 1.82) is 0 Å². The van der Waals surface area contributed by atoms with Crippen LogP contribution in [0.1, 0.15) is 21.5 Å². The largest absolute Gasteiger partial charge is 0.327 e. The first-order chi connectivity index (χ1) is 8.06. The summed E-state index contributed by atoms with van der Waals surface area (Å²) >= 11 is 1.46. The standard InChI is InChI=1S/C13H14N2OS/c1-9-6-10(2)8-11(7-9)12(16)14-13-15(3)4-5-17-13/h4-8H,1-3H3. The Morgan fingerprint density at radius 3 is 2.41 bits per heavy atom. The van der Waals surface area contributed by atoms with E-state index in [2.05, 4.69) is 4.99 Å². The molecule has 88 valence electrons. The Hall–Kier alpha value is -1.68. The zero-order valence-corrected chi connectivity index (χ0v) is 10.9. The molecule has 0 atom stereocenters. The van der Waals surface area contributed by atoms with E-state index in [0.29, 0.717) is 10.4 Å². The van der Waals surface area contributed by atoms with Gasteiger partial charge < -0.3 is 4.57 Å². The zero-order valence-electron chi connectivity index (χ0n) is 10.1. The van der Waals surface area contributed by atoms with Crippen LogP contribution in [0, 0.1) is 13.8 Å². The van der Waals surface area contributed by atoms with Crippen LogP contribution in [0.25, 0.3) is 0 Å². The van der Waals surface area contributed by atoms with Crippen molar-refractivity contribution in [2.75, 3.05) is 0 Å². The molecule has 4 heteroatoms. The highest BCUT2D eigenvalue weighted by molar-refractivity contribution is 7.07. The monoisotopic (exact) mass is 246 g/mol. The number of hydrogen-bond acceptors (Lipinski definition) is 2. The lowest BCUT2D eigenvalue weighted by molar-refractivity contribution is 0.0997. The van der Waals surface area contributed by atoms with Crippen LogP contribution in [0.3, 0.4) is 0 Å². The van der Waals surface area contributed by atoms with Crippen molar-refractivity contribution in [1.82, 2.24) is 4.57 Å². The highest BCUT2D eigenvalue weighted by Crippen LogP contribution is 2.09. The summed E-state index contributed by atoms with van der Waals surface area (Å²) in [6, 6.07) is 5.78. The van der Waals surface area contributed by atoms with Crippen LogP contribution in [-0.2, 0) is 7.05 Å². The lowest BCUT2D eigenvalue weighted by atomic mass is 10.1. The molecule has 0 bridgehead atoms. The van der Waals surface area contributed by atoms with E-state index in [9.17, 15) is 4.79 Å². The molecule has 0 saturated carbocycles. The molecule has 2 aromatic rings. The maximum atomic E-state index is 12.0. The van der Waals surface area contributed by atoms with E-state index in [1.54, 1.807) is 0 Å². The van der Waals surface area contributed by atoms with E-state index >= 15 is 0 Å². The molecule has 0 saturated heterocycles. The van der Waals surface area contributed by atoms with Crippen LogP contribution in [-0.4, -0.2) is 10.5 Å². The minimum atomic E-state index is -0.185. The van der Waals surface area contributed by atoms with Crippen molar-refractivity contribution in [3.05, 3.63) is 51.3 Å². The maximum Gasteiger partial charge on any atom is 0.279 e. The van der Waals surface area contributed by atoms with E-state index in [4.69, 9.17) is 0 Å². The number of hydrogen-bond donors (Lipinski definition) is 0. The van der Waals surface area contributed by atoms with Crippen LogP contribution in [0.2, 0.25) is 0 Å². The maximum absolute atomic E-state index is 12.0. The van der Waals surface area contributed by atoms with Crippen LogP contribution < -0.4 is 4.80 Å². The van der Waals surface area contributed by atoms with Crippen LogP contribution in [0.15, 0.2) is 34.8 Å². The van der Waals surface area contributed by atoms with Gasteiger partial charge in [-0.2, -0.15) is 4.99 Å². The molecule has 1 amide bonds. The summed E-state index contributed by atoms with van der Waals surface area (Å²) in [7, 11) is 1.88. The van der Waals surface area contributed by atoms with Gasteiger partial charge in [-0.25, -0.2) is 0 Å². The minimum absolute atomic E-state index is 0.185. The van der Waals surface area contributed by atoms with Crippen molar-refractivity contribution >= 4 is 17.2 Å². The number of benzene rings is 1. The van der Waals surface area contributed by atoms with Gasteiger partial charge in [0, 0.05) is 24.2 Å². The third kappa shape index (κ3) is 2.71. The number of carbonyl (C=O) groups is 1. The molecule has 1 heterocycles. The Morgan fingerprint density at radius 2 is 1.88 bits per heavy atom. The molecule has 0 aliphatic carbocycles. The number of aryl methyl sites for hydroxylation is 3. The second-order valence-electron chi connectivity index (χ2n) is 4.09. The molecule has 0 unspecified atom stereocenters. The Morgan fingerprint density at radius 1 is 1.24 bits per heavy atom. The number of nitrogens with zero attached hydrogens (tertiary/aromatic N) is 2. The van der Waals surface area contributed by atoms with Gasteiger partial charge in [-0.1, -0.05) is 17.2 Å². The van der Waals surface area contributed by atoms with E-state index in [1.165, 1.54) is 11.3 Å². The molecule has 0 spiro atoms. The van der Waals surface area contributed by atoms with E-state index in [-0.39, 0.29) is 5.91 Å². The van der Waals surface area contributed by atoms with Gasteiger partial charge in [-0.15, -0.1) is 11.3 Å². The Kier molecular flexibility index (Phi) is 3.24. The molecule has 0 aliphatic heterocycles. The molecule has 1 aromatic heterocycles. The van der Waals surface area contributed by atoms with Crippen molar-refractivity contribution < 1.29 is 4.79 Å². The fraction of sp³-hybridized carbons (Fsp3) is 0.231. The number of carbonyl (C=O) groups excluding carboxylic acids is 1. The summed E-state index contributed by atoms with van der Waals surface area (Å²) in [6.07, 6.45) is 1.89. The first-order valence-electron chi connectivity index (χ1n) is 5.34. The molecule has 0 fully saturated rings. The zero-order chi connectivity index (χ0) is 12.4. The topological polar surface area (TPSA) is 34.4 Å².